The third kappa shape index (κ3) is 3.48. The molecule has 0 bridgehead atoms. The number of nitrogens with one attached hydrogen (secondary N) is 3. The Balaban J connectivity index is 1.38. The fourth-order valence-electron chi connectivity index (χ4n) is 3.84. The van der Waals surface area contributed by atoms with Crippen molar-refractivity contribution in [3.05, 3.63) is 78.1 Å². The van der Waals surface area contributed by atoms with Crippen molar-refractivity contribution >= 4 is 10.8 Å². The van der Waals surface area contributed by atoms with Gasteiger partial charge in [-0.25, -0.2) is 4.98 Å². The second-order valence-electron chi connectivity index (χ2n) is 6.88. The zero-order chi connectivity index (χ0) is 16.2. The van der Waals surface area contributed by atoms with Gasteiger partial charge in [-0.3, -0.25) is 0 Å². The maximum Gasteiger partial charge on any atom is 0.234 e. The highest BCUT2D eigenvalue weighted by molar-refractivity contribution is 5.85. The Morgan fingerprint density at radius 2 is 1.42 bits per heavy atom. The number of quaternary nitrogens is 2. The number of aromatic amines is 1. The summed E-state index contributed by atoms with van der Waals surface area (Å²) in [4.78, 5) is 6.77. The van der Waals surface area contributed by atoms with Crippen molar-refractivity contribution in [3.63, 3.8) is 0 Å². The van der Waals surface area contributed by atoms with Gasteiger partial charge in [-0.15, -0.1) is 0 Å². The van der Waals surface area contributed by atoms with Crippen molar-refractivity contribution in [3.8, 4) is 0 Å². The third-order valence-corrected chi connectivity index (χ3v) is 5.20. The molecule has 0 saturated carbocycles. The van der Waals surface area contributed by atoms with Crippen LogP contribution in [-0.2, 0) is 13.1 Å². The van der Waals surface area contributed by atoms with E-state index in [1.165, 1.54) is 48.2 Å². The van der Waals surface area contributed by atoms with E-state index in [0.29, 0.717) is 0 Å². The lowest BCUT2D eigenvalue weighted by Crippen LogP contribution is -3.27. The summed E-state index contributed by atoms with van der Waals surface area (Å²) in [5, 5.41) is 2.78. The van der Waals surface area contributed by atoms with Gasteiger partial charge in [-0.1, -0.05) is 42.5 Å². The summed E-state index contributed by atoms with van der Waals surface area (Å²) in [5.74, 6) is 0. The summed E-state index contributed by atoms with van der Waals surface area (Å²) in [6, 6.07) is 21.8. The molecule has 122 valence electrons. The maximum atomic E-state index is 3.36. The van der Waals surface area contributed by atoms with Crippen LogP contribution in [0.5, 0.6) is 0 Å². The summed E-state index contributed by atoms with van der Waals surface area (Å²) in [6.07, 6.45) is 2.02. The minimum Gasteiger partial charge on any atom is -0.322 e. The topological polar surface area (TPSA) is 23.0 Å². The van der Waals surface area contributed by atoms with Gasteiger partial charge in [0.15, 0.2) is 12.7 Å². The molecule has 3 aromatic rings. The molecule has 0 aliphatic carbocycles. The molecule has 4 rings (SSSR count). The number of benzene rings is 2. The number of piperazine rings is 1. The highest BCUT2D eigenvalue weighted by Gasteiger charge is 2.24. The van der Waals surface area contributed by atoms with Crippen LogP contribution in [-0.4, -0.2) is 26.2 Å². The van der Waals surface area contributed by atoms with Crippen LogP contribution >= 0.6 is 0 Å². The summed E-state index contributed by atoms with van der Waals surface area (Å²) < 4.78 is 0. The van der Waals surface area contributed by atoms with Crippen molar-refractivity contribution in [1.82, 2.24) is 0 Å². The molecular weight excluding hydrogens is 294 g/mol. The Bertz CT molecular complexity index is 787. The molecule has 3 nitrogen and oxygen atoms in total. The monoisotopic (exact) mass is 320 g/mol. The van der Waals surface area contributed by atoms with Crippen molar-refractivity contribution in [2.24, 2.45) is 0 Å². The number of rotatable bonds is 4. The minimum atomic E-state index is 1.11. The van der Waals surface area contributed by atoms with Crippen LogP contribution in [0.4, 0.5) is 0 Å². The van der Waals surface area contributed by atoms with Crippen LogP contribution in [0.1, 0.15) is 11.3 Å². The van der Waals surface area contributed by atoms with Crippen LogP contribution in [0.3, 0.4) is 0 Å². The minimum absolute atomic E-state index is 1.11. The molecule has 1 aliphatic rings. The van der Waals surface area contributed by atoms with Crippen LogP contribution in [0.25, 0.3) is 10.8 Å². The Morgan fingerprint density at radius 1 is 0.708 bits per heavy atom. The highest BCUT2D eigenvalue weighted by atomic mass is 15.3. The van der Waals surface area contributed by atoms with Gasteiger partial charge in [-0.2, -0.15) is 0 Å². The van der Waals surface area contributed by atoms with Gasteiger partial charge in [-0.05, 0) is 16.8 Å². The molecule has 2 heterocycles. The molecule has 0 atom stereocenters. The number of aromatic nitrogens is 1. The normalized spacial score (nSPS) is 21.0. The first-order valence-corrected chi connectivity index (χ1v) is 8.98. The molecule has 0 amide bonds. The molecule has 24 heavy (non-hydrogen) atoms. The standard InChI is InChI=1S/C21H23N3/c1-2-10-21-18(6-1)7-5-8-19(21)16-23-12-14-24(15-13-23)17-20-9-3-4-11-22-20/h1-11H,12-17H2/p+3. The molecule has 1 saturated heterocycles. The van der Waals surface area contributed by atoms with Crippen molar-refractivity contribution in [2.45, 2.75) is 13.1 Å². The molecule has 1 aromatic heterocycles. The summed E-state index contributed by atoms with van der Waals surface area (Å²) in [5.41, 5.74) is 2.83. The predicted molar refractivity (Wildman–Crippen MR) is 95.7 cm³/mol. The number of fused-ring (bicyclic) bond motifs is 1. The van der Waals surface area contributed by atoms with E-state index in [1.807, 2.05) is 12.3 Å². The quantitative estimate of drug-likeness (QED) is 0.683. The lowest BCUT2D eigenvalue weighted by Gasteiger charge is -2.29. The number of hydrogen-bond donors (Lipinski definition) is 2. The Kier molecular flexibility index (Phi) is 4.54. The van der Waals surface area contributed by atoms with Gasteiger partial charge >= 0.3 is 0 Å². The van der Waals surface area contributed by atoms with E-state index in [4.69, 9.17) is 0 Å². The summed E-state index contributed by atoms with van der Waals surface area (Å²) >= 11 is 0. The van der Waals surface area contributed by atoms with Crippen molar-refractivity contribution < 1.29 is 14.8 Å². The van der Waals surface area contributed by atoms with E-state index in [1.54, 1.807) is 9.80 Å². The van der Waals surface area contributed by atoms with Gasteiger partial charge in [0.25, 0.3) is 0 Å². The number of hydrogen-bond acceptors (Lipinski definition) is 0. The average molecular weight is 320 g/mol. The fourth-order valence-corrected chi connectivity index (χ4v) is 3.84. The molecule has 0 radical (unpaired) electrons. The number of pyridine rings is 1. The zero-order valence-electron chi connectivity index (χ0n) is 14.1. The molecule has 1 fully saturated rings. The Labute approximate surface area is 143 Å². The van der Waals surface area contributed by atoms with E-state index in [-0.39, 0.29) is 0 Å². The van der Waals surface area contributed by atoms with Crippen molar-refractivity contribution in [2.75, 3.05) is 26.2 Å². The first-order chi connectivity index (χ1) is 11.9. The van der Waals surface area contributed by atoms with Gasteiger partial charge in [0.2, 0.25) is 5.69 Å². The molecule has 0 unspecified atom stereocenters. The van der Waals surface area contributed by atoms with Crippen molar-refractivity contribution in [1.29, 1.82) is 0 Å². The van der Waals surface area contributed by atoms with Crippen LogP contribution in [0, 0.1) is 0 Å². The van der Waals surface area contributed by atoms with E-state index >= 15 is 0 Å². The smallest absolute Gasteiger partial charge is 0.234 e. The lowest BCUT2D eigenvalue weighted by molar-refractivity contribution is -1.03. The van der Waals surface area contributed by atoms with E-state index < -0.39 is 0 Å². The SMILES string of the molecule is c1ccc(C[NH+]2CC[NH+](Cc3cccc4ccccc34)CC2)[nH+]c1. The van der Waals surface area contributed by atoms with Crippen LogP contribution in [0.2, 0.25) is 0 Å². The largest absolute Gasteiger partial charge is 0.322 e. The molecular formula is C21H26N3+3. The van der Waals surface area contributed by atoms with Gasteiger partial charge < -0.3 is 9.80 Å². The number of H-pyrrole nitrogens is 1. The molecule has 2 aromatic carbocycles. The lowest BCUT2D eigenvalue weighted by atomic mass is 10.0. The van der Waals surface area contributed by atoms with E-state index in [0.717, 1.165) is 13.1 Å². The summed E-state index contributed by atoms with van der Waals surface area (Å²) in [7, 11) is 0. The van der Waals surface area contributed by atoms with Gasteiger partial charge in [0, 0.05) is 17.7 Å². The van der Waals surface area contributed by atoms with E-state index in [9.17, 15) is 0 Å². The molecule has 3 N–H and O–H groups in total. The molecule has 1 aliphatic heterocycles. The van der Waals surface area contributed by atoms with Gasteiger partial charge in [0.1, 0.15) is 32.7 Å². The van der Waals surface area contributed by atoms with Crippen LogP contribution < -0.4 is 14.8 Å². The Hall–Kier alpha value is -2.23. The second kappa shape index (κ2) is 7.12. The van der Waals surface area contributed by atoms with Gasteiger partial charge in [0.05, 0.1) is 0 Å². The van der Waals surface area contributed by atoms with Crippen LogP contribution in [0.15, 0.2) is 66.9 Å². The molecule has 3 heteroatoms. The predicted octanol–water partition coefficient (Wildman–Crippen LogP) is 0.138. The maximum absolute atomic E-state index is 3.36. The summed E-state index contributed by atoms with van der Waals surface area (Å²) in [6.45, 7) is 7.27. The first-order valence-electron chi connectivity index (χ1n) is 8.98. The average Bonchev–Trinajstić information content (AvgIpc) is 2.65. The molecule has 0 spiro atoms. The fraction of sp³-hybridized carbons (Fsp3) is 0.286. The second-order valence-corrected chi connectivity index (χ2v) is 6.88. The van der Waals surface area contributed by atoms with E-state index in [2.05, 4.69) is 59.6 Å². The third-order valence-electron chi connectivity index (χ3n) is 5.20. The Morgan fingerprint density at radius 3 is 2.21 bits per heavy atom. The zero-order valence-corrected chi connectivity index (χ0v) is 14.1. The highest BCUT2D eigenvalue weighted by Crippen LogP contribution is 2.17. The first kappa shape index (κ1) is 15.3.